The quantitative estimate of drug-likeness (QED) is 0.705. The highest BCUT2D eigenvalue weighted by molar-refractivity contribution is 5.86. The third-order valence-electron chi connectivity index (χ3n) is 5.72. The highest BCUT2D eigenvalue weighted by Crippen LogP contribution is 2.28. The normalized spacial score (nSPS) is 25.5. The maximum absolute atomic E-state index is 12.8. The number of piperidine rings is 1. The molecule has 1 aliphatic carbocycles. The van der Waals surface area contributed by atoms with E-state index in [1.807, 2.05) is 17.9 Å². The predicted molar refractivity (Wildman–Crippen MR) is 97.0 cm³/mol. The van der Waals surface area contributed by atoms with Crippen LogP contribution in [0, 0.1) is 12.8 Å². The van der Waals surface area contributed by atoms with E-state index in [4.69, 9.17) is 0 Å². The van der Waals surface area contributed by atoms with E-state index in [1.54, 1.807) is 0 Å². The van der Waals surface area contributed by atoms with Gasteiger partial charge in [-0.25, -0.2) is 0 Å². The molecule has 0 aromatic carbocycles. The Bertz CT molecular complexity index is 568. The Hall–Kier alpha value is -1.40. The molecule has 1 saturated carbocycles. The van der Waals surface area contributed by atoms with E-state index in [0.29, 0.717) is 13.0 Å². The fraction of sp³-hybridized carbons (Fsp3) is 0.789. The second-order valence-corrected chi connectivity index (χ2v) is 7.87. The van der Waals surface area contributed by atoms with Crippen LogP contribution in [0.15, 0.2) is 6.07 Å². The lowest BCUT2D eigenvalue weighted by Crippen LogP contribution is -2.58. The molecule has 0 bridgehead atoms. The molecule has 3 N–H and O–H groups in total. The van der Waals surface area contributed by atoms with Gasteiger partial charge in [0, 0.05) is 31.9 Å². The van der Waals surface area contributed by atoms with Gasteiger partial charge in [0.2, 0.25) is 0 Å². The van der Waals surface area contributed by atoms with Gasteiger partial charge in [-0.15, -0.1) is 0 Å². The van der Waals surface area contributed by atoms with Gasteiger partial charge in [-0.05, 0) is 38.2 Å². The number of amides is 1. The average Bonchev–Trinajstić information content (AvgIpc) is 3.03. The molecule has 0 spiro atoms. The number of likely N-dealkylation sites (tertiary alicyclic amines) is 1. The first-order chi connectivity index (χ1) is 12.1. The molecule has 1 amide bonds. The van der Waals surface area contributed by atoms with Crippen LogP contribution in [-0.2, 0) is 11.3 Å². The molecule has 6 nitrogen and oxygen atoms in total. The number of aromatic amines is 1. The molecule has 2 aliphatic rings. The summed E-state index contributed by atoms with van der Waals surface area (Å²) in [5.74, 6) is 0.665. The number of carbonyl (C=O) groups is 1. The van der Waals surface area contributed by atoms with Crippen LogP contribution in [0.2, 0.25) is 0 Å². The molecule has 140 valence electrons. The molecule has 2 fully saturated rings. The van der Waals surface area contributed by atoms with E-state index in [0.717, 1.165) is 43.2 Å². The number of hydrogen-bond acceptors (Lipinski definition) is 4. The van der Waals surface area contributed by atoms with E-state index in [1.165, 1.54) is 32.1 Å². The van der Waals surface area contributed by atoms with E-state index in [2.05, 4.69) is 15.5 Å². The Balaban J connectivity index is 1.47. The molecule has 1 unspecified atom stereocenters. The summed E-state index contributed by atoms with van der Waals surface area (Å²) < 4.78 is 0. The van der Waals surface area contributed by atoms with Crippen LogP contribution in [-0.4, -0.2) is 51.3 Å². The monoisotopic (exact) mass is 348 g/mol. The maximum atomic E-state index is 12.8. The lowest BCUT2D eigenvalue weighted by molar-refractivity contribution is -0.156. The molecule has 1 aliphatic heterocycles. The fourth-order valence-corrected chi connectivity index (χ4v) is 4.22. The van der Waals surface area contributed by atoms with Crippen molar-refractivity contribution in [3.8, 4) is 0 Å². The Morgan fingerprint density at radius 3 is 2.88 bits per heavy atom. The van der Waals surface area contributed by atoms with Gasteiger partial charge in [0.25, 0.3) is 5.91 Å². The van der Waals surface area contributed by atoms with Gasteiger partial charge in [0.15, 0.2) is 5.60 Å². The maximum Gasteiger partial charge on any atom is 0.255 e. The van der Waals surface area contributed by atoms with Crippen LogP contribution < -0.4 is 5.32 Å². The molecule has 6 heteroatoms. The van der Waals surface area contributed by atoms with Crippen molar-refractivity contribution in [1.29, 1.82) is 0 Å². The first-order valence-corrected chi connectivity index (χ1v) is 9.80. The summed E-state index contributed by atoms with van der Waals surface area (Å²) in [6, 6.07) is 1.97. The van der Waals surface area contributed by atoms with Gasteiger partial charge in [-0.1, -0.05) is 32.1 Å². The van der Waals surface area contributed by atoms with Crippen molar-refractivity contribution in [2.45, 2.75) is 70.4 Å². The van der Waals surface area contributed by atoms with Crippen LogP contribution >= 0.6 is 0 Å². The van der Waals surface area contributed by atoms with Crippen molar-refractivity contribution in [2.75, 3.05) is 19.6 Å². The van der Waals surface area contributed by atoms with Crippen molar-refractivity contribution in [1.82, 2.24) is 20.4 Å². The third kappa shape index (κ3) is 4.82. The number of hydrogen-bond donors (Lipinski definition) is 3. The zero-order chi connectivity index (χ0) is 17.7. The van der Waals surface area contributed by atoms with E-state index >= 15 is 0 Å². The van der Waals surface area contributed by atoms with E-state index < -0.39 is 5.60 Å². The summed E-state index contributed by atoms with van der Waals surface area (Å²) in [4.78, 5) is 14.7. The Kier molecular flexibility index (Phi) is 6.12. The number of carbonyl (C=O) groups excluding carboxylic acids is 1. The van der Waals surface area contributed by atoms with Gasteiger partial charge >= 0.3 is 0 Å². The number of H-pyrrole nitrogens is 1. The minimum absolute atomic E-state index is 0.0970. The topological polar surface area (TPSA) is 81.2 Å². The van der Waals surface area contributed by atoms with Crippen molar-refractivity contribution in [3.05, 3.63) is 17.5 Å². The molecule has 3 rings (SSSR count). The minimum atomic E-state index is -1.27. The van der Waals surface area contributed by atoms with Crippen LogP contribution in [0.4, 0.5) is 0 Å². The van der Waals surface area contributed by atoms with Crippen LogP contribution in [0.25, 0.3) is 0 Å². The van der Waals surface area contributed by atoms with Crippen LogP contribution in [0.5, 0.6) is 0 Å². The van der Waals surface area contributed by atoms with Crippen molar-refractivity contribution >= 4 is 5.91 Å². The summed E-state index contributed by atoms with van der Waals surface area (Å²) in [7, 11) is 0. The van der Waals surface area contributed by atoms with Crippen molar-refractivity contribution < 1.29 is 9.90 Å². The smallest absolute Gasteiger partial charge is 0.255 e. The van der Waals surface area contributed by atoms with Crippen LogP contribution in [0.1, 0.15) is 62.8 Å². The zero-order valence-corrected chi connectivity index (χ0v) is 15.4. The van der Waals surface area contributed by atoms with Gasteiger partial charge < -0.3 is 15.3 Å². The minimum Gasteiger partial charge on any atom is -0.379 e. The molecule has 25 heavy (non-hydrogen) atoms. The largest absolute Gasteiger partial charge is 0.379 e. The standard InChI is InChI=1S/C19H32N4O2/c1-15-12-17(22-21-15)13-20-14-19(25)9-5-10-23(18(19)24)11-8-16-6-3-2-4-7-16/h12,16,20,25H,2-11,13-14H2,1H3,(H,21,22). The molecule has 1 aromatic heterocycles. The molecule has 1 aromatic rings. The summed E-state index contributed by atoms with van der Waals surface area (Å²) in [5, 5.41) is 21.1. The van der Waals surface area contributed by atoms with Crippen LogP contribution in [0.3, 0.4) is 0 Å². The second-order valence-electron chi connectivity index (χ2n) is 7.87. The van der Waals surface area contributed by atoms with Gasteiger partial charge in [0.1, 0.15) is 0 Å². The molecule has 0 radical (unpaired) electrons. The number of aryl methyl sites for hydroxylation is 1. The van der Waals surface area contributed by atoms with Gasteiger partial charge in [0.05, 0.1) is 5.69 Å². The zero-order valence-electron chi connectivity index (χ0n) is 15.4. The summed E-state index contributed by atoms with van der Waals surface area (Å²) in [6.45, 7) is 4.38. The molecule has 2 heterocycles. The summed E-state index contributed by atoms with van der Waals surface area (Å²) >= 11 is 0. The second kappa shape index (κ2) is 8.32. The number of nitrogens with one attached hydrogen (secondary N) is 2. The lowest BCUT2D eigenvalue weighted by Gasteiger charge is -2.39. The summed E-state index contributed by atoms with van der Waals surface area (Å²) in [5.41, 5.74) is 0.646. The lowest BCUT2D eigenvalue weighted by atomic mass is 9.86. The fourth-order valence-electron chi connectivity index (χ4n) is 4.22. The average molecular weight is 348 g/mol. The highest BCUT2D eigenvalue weighted by Gasteiger charge is 2.41. The molecular weight excluding hydrogens is 316 g/mol. The SMILES string of the molecule is Cc1cc(CNCC2(O)CCCN(CCC3CCCCC3)C2=O)n[nH]1. The number of rotatable bonds is 7. The van der Waals surface area contributed by atoms with Gasteiger partial charge in [-0.2, -0.15) is 5.10 Å². The first-order valence-electron chi connectivity index (χ1n) is 9.80. The molecular formula is C19H32N4O2. The Labute approximate surface area is 150 Å². The summed E-state index contributed by atoms with van der Waals surface area (Å²) in [6.07, 6.45) is 9.13. The Morgan fingerprint density at radius 2 is 2.16 bits per heavy atom. The van der Waals surface area contributed by atoms with Crippen molar-refractivity contribution in [3.63, 3.8) is 0 Å². The number of aromatic nitrogens is 2. The van der Waals surface area contributed by atoms with E-state index in [-0.39, 0.29) is 12.5 Å². The number of aliphatic hydroxyl groups is 1. The van der Waals surface area contributed by atoms with Gasteiger partial charge in [-0.3, -0.25) is 9.89 Å². The Morgan fingerprint density at radius 1 is 1.36 bits per heavy atom. The number of nitrogens with zero attached hydrogens (tertiary/aromatic N) is 2. The predicted octanol–water partition coefficient (Wildman–Crippen LogP) is 2.13. The van der Waals surface area contributed by atoms with Crippen molar-refractivity contribution in [2.24, 2.45) is 5.92 Å². The highest BCUT2D eigenvalue weighted by atomic mass is 16.3. The molecule has 1 atom stereocenters. The molecule has 1 saturated heterocycles. The van der Waals surface area contributed by atoms with E-state index in [9.17, 15) is 9.90 Å². The first kappa shape index (κ1) is 18.4. The third-order valence-corrected chi connectivity index (χ3v) is 5.72.